The molecule has 6 nitrogen and oxygen atoms in total. The number of aryl methyl sites for hydroxylation is 1. The third-order valence-corrected chi connectivity index (χ3v) is 4.65. The van der Waals surface area contributed by atoms with Gasteiger partial charge in [0.25, 0.3) is 5.91 Å². The summed E-state index contributed by atoms with van der Waals surface area (Å²) in [5.74, 6) is -0.297. The predicted molar refractivity (Wildman–Crippen MR) is 95.8 cm³/mol. The van der Waals surface area contributed by atoms with Gasteiger partial charge in [0, 0.05) is 26.1 Å². The van der Waals surface area contributed by atoms with Crippen LogP contribution in [0.4, 0.5) is 4.39 Å². The summed E-state index contributed by atoms with van der Waals surface area (Å²) in [5, 5.41) is 7.32. The van der Waals surface area contributed by atoms with Gasteiger partial charge in [-0.15, -0.1) is 0 Å². The number of benzene rings is 1. The zero-order valence-electron chi connectivity index (χ0n) is 15.1. The molecular formula is C19H23FN4O2. The molecule has 138 valence electrons. The van der Waals surface area contributed by atoms with Crippen LogP contribution in [-0.2, 0) is 4.79 Å². The van der Waals surface area contributed by atoms with Gasteiger partial charge in [0.15, 0.2) is 0 Å². The Morgan fingerprint density at radius 3 is 2.65 bits per heavy atom. The number of amides is 2. The molecule has 0 radical (unpaired) electrons. The number of carbonyl (C=O) groups is 2. The lowest BCUT2D eigenvalue weighted by molar-refractivity contribution is -0.127. The molecule has 1 aliphatic heterocycles. The number of likely N-dealkylation sites (tertiary alicyclic amines) is 1. The van der Waals surface area contributed by atoms with E-state index >= 15 is 0 Å². The van der Waals surface area contributed by atoms with E-state index in [0.29, 0.717) is 42.1 Å². The summed E-state index contributed by atoms with van der Waals surface area (Å²) in [4.78, 5) is 26.0. The fraction of sp³-hybridized carbons (Fsp3) is 0.421. The topological polar surface area (TPSA) is 67.2 Å². The Morgan fingerprint density at radius 2 is 2.00 bits per heavy atom. The predicted octanol–water partition coefficient (Wildman–Crippen LogP) is 2.37. The van der Waals surface area contributed by atoms with Crippen molar-refractivity contribution < 1.29 is 14.0 Å². The molecule has 0 atom stereocenters. The fourth-order valence-electron chi connectivity index (χ4n) is 3.31. The fourth-order valence-corrected chi connectivity index (χ4v) is 3.31. The summed E-state index contributed by atoms with van der Waals surface area (Å²) < 4.78 is 14.8. The monoisotopic (exact) mass is 358 g/mol. The van der Waals surface area contributed by atoms with E-state index in [4.69, 9.17) is 0 Å². The van der Waals surface area contributed by atoms with Gasteiger partial charge in [-0.05, 0) is 51.0 Å². The van der Waals surface area contributed by atoms with Crippen LogP contribution in [0.15, 0.2) is 24.3 Å². The van der Waals surface area contributed by atoms with Crippen LogP contribution in [0.25, 0.3) is 5.69 Å². The first-order valence-electron chi connectivity index (χ1n) is 8.85. The van der Waals surface area contributed by atoms with Gasteiger partial charge in [-0.1, -0.05) is 0 Å². The van der Waals surface area contributed by atoms with E-state index in [1.54, 1.807) is 23.7 Å². The van der Waals surface area contributed by atoms with Crippen molar-refractivity contribution in [2.45, 2.75) is 33.1 Å². The third kappa shape index (κ3) is 3.76. The number of nitrogens with one attached hydrogen (secondary N) is 1. The molecule has 1 saturated heterocycles. The molecule has 0 bridgehead atoms. The molecule has 3 rings (SSSR count). The van der Waals surface area contributed by atoms with Crippen molar-refractivity contribution in [1.29, 1.82) is 0 Å². The lowest BCUT2D eigenvalue weighted by atomic mass is 10.2. The molecule has 2 amide bonds. The number of rotatable bonds is 6. The average Bonchev–Trinajstić information content (AvgIpc) is 3.15. The summed E-state index contributed by atoms with van der Waals surface area (Å²) in [6, 6.07) is 5.99. The largest absolute Gasteiger partial charge is 0.352 e. The third-order valence-electron chi connectivity index (χ3n) is 4.65. The van der Waals surface area contributed by atoms with Crippen LogP contribution < -0.4 is 5.32 Å². The van der Waals surface area contributed by atoms with Gasteiger partial charge in [0.1, 0.15) is 5.82 Å². The van der Waals surface area contributed by atoms with Crippen molar-refractivity contribution in [3.63, 3.8) is 0 Å². The molecule has 0 unspecified atom stereocenters. The minimum absolute atomic E-state index is 0.180. The molecular weight excluding hydrogens is 335 g/mol. The molecule has 2 heterocycles. The summed E-state index contributed by atoms with van der Waals surface area (Å²) in [6.45, 7) is 5.59. The zero-order chi connectivity index (χ0) is 18.7. The quantitative estimate of drug-likeness (QED) is 0.806. The van der Waals surface area contributed by atoms with Gasteiger partial charge in [0.2, 0.25) is 5.91 Å². The van der Waals surface area contributed by atoms with E-state index in [-0.39, 0.29) is 17.6 Å². The molecule has 26 heavy (non-hydrogen) atoms. The SMILES string of the molecule is Cc1nn(-c2ccc(F)cc2)c(C)c1C(=O)NCCCN1CCCC1=O. The van der Waals surface area contributed by atoms with E-state index in [1.807, 2.05) is 11.8 Å². The van der Waals surface area contributed by atoms with Crippen LogP contribution in [0, 0.1) is 19.7 Å². The Kier molecular flexibility index (Phi) is 5.35. The summed E-state index contributed by atoms with van der Waals surface area (Å²) in [5.41, 5.74) is 2.57. The summed E-state index contributed by atoms with van der Waals surface area (Å²) >= 11 is 0. The molecule has 2 aromatic rings. The van der Waals surface area contributed by atoms with Crippen LogP contribution in [0.3, 0.4) is 0 Å². The van der Waals surface area contributed by atoms with Crippen molar-refractivity contribution in [1.82, 2.24) is 20.0 Å². The number of hydrogen-bond acceptors (Lipinski definition) is 3. The maximum atomic E-state index is 13.1. The molecule has 0 spiro atoms. The van der Waals surface area contributed by atoms with Gasteiger partial charge in [-0.3, -0.25) is 9.59 Å². The van der Waals surface area contributed by atoms with Gasteiger partial charge in [-0.25, -0.2) is 9.07 Å². The van der Waals surface area contributed by atoms with E-state index in [9.17, 15) is 14.0 Å². The molecule has 1 aromatic heterocycles. The van der Waals surface area contributed by atoms with Crippen molar-refractivity contribution in [3.8, 4) is 5.69 Å². The lowest BCUT2D eigenvalue weighted by Gasteiger charge is -2.15. The number of halogens is 1. The molecule has 7 heteroatoms. The van der Waals surface area contributed by atoms with Gasteiger partial charge >= 0.3 is 0 Å². The molecule has 1 aliphatic rings. The van der Waals surface area contributed by atoms with Gasteiger partial charge in [-0.2, -0.15) is 5.10 Å². The number of carbonyl (C=O) groups excluding carboxylic acids is 2. The van der Waals surface area contributed by atoms with Crippen molar-refractivity contribution >= 4 is 11.8 Å². The Labute approximate surface area is 152 Å². The Morgan fingerprint density at radius 1 is 1.27 bits per heavy atom. The van der Waals surface area contributed by atoms with Gasteiger partial charge < -0.3 is 10.2 Å². The smallest absolute Gasteiger partial charge is 0.255 e. The molecule has 1 fully saturated rings. The van der Waals surface area contributed by atoms with Crippen LogP contribution in [0.2, 0.25) is 0 Å². The molecule has 1 N–H and O–H groups in total. The van der Waals surface area contributed by atoms with Crippen LogP contribution >= 0.6 is 0 Å². The number of hydrogen-bond donors (Lipinski definition) is 1. The highest BCUT2D eigenvalue weighted by Crippen LogP contribution is 2.18. The first-order chi connectivity index (χ1) is 12.5. The maximum absolute atomic E-state index is 13.1. The zero-order valence-corrected chi connectivity index (χ0v) is 15.1. The van der Waals surface area contributed by atoms with Crippen LogP contribution in [-0.4, -0.2) is 46.1 Å². The van der Waals surface area contributed by atoms with E-state index in [2.05, 4.69) is 10.4 Å². The summed E-state index contributed by atoms with van der Waals surface area (Å²) in [7, 11) is 0. The number of aromatic nitrogens is 2. The standard InChI is InChI=1S/C19H23FN4O2/c1-13-18(14(2)24(22-13)16-8-6-15(20)7-9-16)19(26)21-10-4-12-23-11-3-5-17(23)25/h6-9H,3-5,10-12H2,1-2H3,(H,21,26). The average molecular weight is 358 g/mol. The first kappa shape index (κ1) is 18.1. The first-order valence-corrected chi connectivity index (χ1v) is 8.85. The van der Waals surface area contributed by atoms with Crippen molar-refractivity contribution in [3.05, 3.63) is 47.0 Å². The highest BCUT2D eigenvalue weighted by molar-refractivity contribution is 5.96. The van der Waals surface area contributed by atoms with Crippen molar-refractivity contribution in [2.24, 2.45) is 0 Å². The normalized spacial score (nSPS) is 14.1. The maximum Gasteiger partial charge on any atom is 0.255 e. The molecule has 1 aromatic carbocycles. The second kappa shape index (κ2) is 7.68. The Balaban J connectivity index is 1.62. The van der Waals surface area contributed by atoms with E-state index in [1.165, 1.54) is 12.1 Å². The summed E-state index contributed by atoms with van der Waals surface area (Å²) in [6.07, 6.45) is 2.28. The number of nitrogens with zero attached hydrogens (tertiary/aromatic N) is 3. The van der Waals surface area contributed by atoms with E-state index in [0.717, 1.165) is 19.4 Å². The van der Waals surface area contributed by atoms with Crippen LogP contribution in [0.1, 0.15) is 41.0 Å². The second-order valence-corrected chi connectivity index (χ2v) is 6.53. The van der Waals surface area contributed by atoms with E-state index < -0.39 is 0 Å². The molecule has 0 saturated carbocycles. The molecule has 0 aliphatic carbocycles. The highest BCUT2D eigenvalue weighted by Gasteiger charge is 2.21. The minimum atomic E-state index is -0.315. The Bertz CT molecular complexity index is 814. The highest BCUT2D eigenvalue weighted by atomic mass is 19.1. The van der Waals surface area contributed by atoms with Crippen LogP contribution in [0.5, 0.6) is 0 Å². The minimum Gasteiger partial charge on any atom is -0.352 e. The second-order valence-electron chi connectivity index (χ2n) is 6.53. The van der Waals surface area contributed by atoms with Crippen molar-refractivity contribution in [2.75, 3.05) is 19.6 Å². The van der Waals surface area contributed by atoms with Gasteiger partial charge in [0.05, 0.1) is 22.6 Å². The lowest BCUT2D eigenvalue weighted by Crippen LogP contribution is -2.31. The Hall–Kier alpha value is -2.70.